The van der Waals surface area contributed by atoms with Crippen molar-refractivity contribution in [3.05, 3.63) is 76.3 Å². The van der Waals surface area contributed by atoms with E-state index < -0.39 is 12.0 Å². The first-order valence-corrected chi connectivity index (χ1v) is 8.69. The molecule has 0 radical (unpaired) electrons. The van der Waals surface area contributed by atoms with E-state index in [0.717, 1.165) is 11.1 Å². The van der Waals surface area contributed by atoms with E-state index in [9.17, 15) is 4.79 Å². The monoisotopic (exact) mass is 372 g/mol. The highest BCUT2D eigenvalue weighted by Gasteiger charge is 2.33. The number of benzene rings is 2. The van der Waals surface area contributed by atoms with Crippen LogP contribution in [0.1, 0.15) is 24.1 Å². The number of hydrogen-bond acceptors (Lipinski definition) is 3. The summed E-state index contributed by atoms with van der Waals surface area (Å²) >= 11 is 11.7. The predicted octanol–water partition coefficient (Wildman–Crippen LogP) is 3.83. The van der Waals surface area contributed by atoms with Crippen LogP contribution in [0.5, 0.6) is 0 Å². The van der Waals surface area contributed by atoms with Crippen molar-refractivity contribution in [2.24, 2.45) is 0 Å². The van der Waals surface area contributed by atoms with Gasteiger partial charge in [0.25, 0.3) is 0 Å². The number of halogens is 1. The van der Waals surface area contributed by atoms with Crippen molar-refractivity contribution >= 4 is 40.6 Å². The first-order valence-electron chi connectivity index (χ1n) is 7.90. The van der Waals surface area contributed by atoms with Crippen LogP contribution < -0.4 is 10.6 Å². The third-order valence-corrected chi connectivity index (χ3v) is 4.41. The van der Waals surface area contributed by atoms with Crippen LogP contribution in [0.25, 0.3) is 5.70 Å². The van der Waals surface area contributed by atoms with Gasteiger partial charge in [-0.05, 0) is 36.3 Å². The molecule has 0 saturated carbocycles. The minimum Gasteiger partial charge on any atom is -0.463 e. The van der Waals surface area contributed by atoms with Crippen molar-refractivity contribution in [2.45, 2.75) is 13.0 Å². The van der Waals surface area contributed by atoms with Gasteiger partial charge in [-0.15, -0.1) is 0 Å². The third kappa shape index (κ3) is 3.67. The van der Waals surface area contributed by atoms with E-state index in [0.29, 0.717) is 21.4 Å². The zero-order valence-corrected chi connectivity index (χ0v) is 15.2. The number of esters is 1. The smallest absolute Gasteiger partial charge is 0.338 e. The van der Waals surface area contributed by atoms with E-state index in [1.54, 1.807) is 13.0 Å². The molecule has 0 aromatic heterocycles. The number of ether oxygens (including phenoxy) is 1. The molecule has 3 rings (SSSR count). The van der Waals surface area contributed by atoms with Gasteiger partial charge in [0.2, 0.25) is 0 Å². The van der Waals surface area contributed by atoms with Gasteiger partial charge in [0.05, 0.1) is 23.9 Å². The van der Waals surface area contributed by atoms with E-state index in [-0.39, 0.29) is 6.61 Å². The van der Waals surface area contributed by atoms with Gasteiger partial charge in [-0.3, -0.25) is 0 Å². The first-order chi connectivity index (χ1) is 12.1. The number of thiocarbonyl (C=S) groups is 1. The van der Waals surface area contributed by atoms with Crippen LogP contribution in [0.3, 0.4) is 0 Å². The zero-order valence-electron chi connectivity index (χ0n) is 13.6. The van der Waals surface area contributed by atoms with Crippen molar-refractivity contribution in [1.82, 2.24) is 10.6 Å². The van der Waals surface area contributed by atoms with E-state index in [2.05, 4.69) is 10.6 Å². The Morgan fingerprint density at radius 3 is 2.52 bits per heavy atom. The second-order valence-electron chi connectivity index (χ2n) is 5.43. The Labute approximate surface area is 156 Å². The molecule has 4 nitrogen and oxygen atoms in total. The molecule has 0 aliphatic carbocycles. The number of carbonyl (C=O) groups is 1. The minimum atomic E-state index is -0.489. The third-order valence-electron chi connectivity index (χ3n) is 3.85. The first kappa shape index (κ1) is 17.5. The molecule has 1 aliphatic rings. The maximum atomic E-state index is 12.7. The Bertz CT molecular complexity index is 836. The molecule has 0 unspecified atom stereocenters. The lowest BCUT2D eigenvalue weighted by Crippen LogP contribution is -2.45. The van der Waals surface area contributed by atoms with Crippen molar-refractivity contribution in [2.75, 3.05) is 6.61 Å². The second kappa shape index (κ2) is 7.68. The Hall–Kier alpha value is -2.37. The van der Waals surface area contributed by atoms with Gasteiger partial charge in [-0.1, -0.05) is 60.1 Å². The highest BCUT2D eigenvalue weighted by molar-refractivity contribution is 7.80. The van der Waals surface area contributed by atoms with Gasteiger partial charge in [-0.25, -0.2) is 4.79 Å². The number of carbonyl (C=O) groups excluding carboxylic acids is 1. The molecule has 2 aromatic rings. The van der Waals surface area contributed by atoms with Crippen LogP contribution in [0, 0.1) is 0 Å². The van der Waals surface area contributed by atoms with Crippen LogP contribution in [0.15, 0.2) is 60.2 Å². The maximum Gasteiger partial charge on any atom is 0.338 e. The van der Waals surface area contributed by atoms with Crippen LogP contribution in [0.4, 0.5) is 0 Å². The molecule has 1 heterocycles. The van der Waals surface area contributed by atoms with Crippen molar-refractivity contribution in [3.63, 3.8) is 0 Å². The molecule has 1 atom stereocenters. The van der Waals surface area contributed by atoms with E-state index in [1.165, 1.54) is 0 Å². The Morgan fingerprint density at radius 2 is 1.84 bits per heavy atom. The summed E-state index contributed by atoms with van der Waals surface area (Å²) in [7, 11) is 0. The SMILES string of the molecule is CCOC(=O)C1=C(c2ccccc2)NC(=S)N[C@@H]1c1ccccc1Cl. The summed E-state index contributed by atoms with van der Waals surface area (Å²) < 4.78 is 5.30. The minimum absolute atomic E-state index is 0.282. The average Bonchev–Trinajstić information content (AvgIpc) is 2.62. The molecule has 128 valence electrons. The van der Waals surface area contributed by atoms with Crippen molar-refractivity contribution < 1.29 is 9.53 Å². The molecule has 2 aromatic carbocycles. The molecule has 25 heavy (non-hydrogen) atoms. The van der Waals surface area contributed by atoms with Crippen LogP contribution in [-0.4, -0.2) is 17.7 Å². The lowest BCUT2D eigenvalue weighted by Gasteiger charge is -2.31. The number of hydrogen-bond donors (Lipinski definition) is 2. The molecule has 0 amide bonds. The van der Waals surface area contributed by atoms with Crippen LogP contribution in [0.2, 0.25) is 5.02 Å². The number of nitrogens with one attached hydrogen (secondary N) is 2. The summed E-state index contributed by atoms with van der Waals surface area (Å²) in [5, 5.41) is 7.22. The quantitative estimate of drug-likeness (QED) is 0.631. The van der Waals surface area contributed by atoms with Gasteiger partial charge in [0.15, 0.2) is 5.11 Å². The van der Waals surface area contributed by atoms with Gasteiger partial charge >= 0.3 is 5.97 Å². The predicted molar refractivity (Wildman–Crippen MR) is 103 cm³/mol. The van der Waals surface area contributed by atoms with Gasteiger partial charge < -0.3 is 15.4 Å². The maximum absolute atomic E-state index is 12.7. The molecular weight excluding hydrogens is 356 g/mol. The second-order valence-corrected chi connectivity index (χ2v) is 6.24. The summed E-state index contributed by atoms with van der Waals surface area (Å²) in [5.74, 6) is -0.409. The highest BCUT2D eigenvalue weighted by atomic mass is 35.5. The van der Waals surface area contributed by atoms with Gasteiger partial charge in [-0.2, -0.15) is 0 Å². The fourth-order valence-electron chi connectivity index (χ4n) is 2.77. The molecule has 0 fully saturated rings. The largest absolute Gasteiger partial charge is 0.463 e. The van der Waals surface area contributed by atoms with Gasteiger partial charge in [0.1, 0.15) is 0 Å². The van der Waals surface area contributed by atoms with Crippen molar-refractivity contribution in [3.8, 4) is 0 Å². The van der Waals surface area contributed by atoms with E-state index in [4.69, 9.17) is 28.6 Å². The van der Waals surface area contributed by atoms with Crippen LogP contribution in [-0.2, 0) is 9.53 Å². The highest BCUT2D eigenvalue weighted by Crippen LogP contribution is 2.34. The topological polar surface area (TPSA) is 50.4 Å². The zero-order chi connectivity index (χ0) is 17.8. The van der Waals surface area contributed by atoms with E-state index in [1.807, 2.05) is 48.5 Å². The molecular formula is C19H17ClN2O2S. The Kier molecular flexibility index (Phi) is 5.36. The standard InChI is InChI=1S/C19H17ClN2O2S/c1-2-24-18(23)15-16(12-8-4-3-5-9-12)21-19(25)22-17(15)13-10-6-7-11-14(13)20/h3-11,17H,2H2,1H3,(H2,21,22,25)/t17-/m1/s1. The summed E-state index contributed by atoms with van der Waals surface area (Å²) in [5.41, 5.74) is 2.71. The number of rotatable bonds is 4. The molecule has 6 heteroatoms. The molecule has 0 bridgehead atoms. The normalized spacial score (nSPS) is 16.9. The molecule has 1 aliphatic heterocycles. The molecule has 0 saturated heterocycles. The summed E-state index contributed by atoms with van der Waals surface area (Å²) in [6.45, 7) is 2.06. The summed E-state index contributed by atoms with van der Waals surface area (Å²) in [6, 6.07) is 16.4. The summed E-state index contributed by atoms with van der Waals surface area (Å²) in [6.07, 6.45) is 0. The fraction of sp³-hybridized carbons (Fsp3) is 0.158. The summed E-state index contributed by atoms with van der Waals surface area (Å²) in [4.78, 5) is 12.7. The fourth-order valence-corrected chi connectivity index (χ4v) is 3.23. The Balaban J connectivity index is 2.20. The average molecular weight is 373 g/mol. The molecule has 2 N–H and O–H groups in total. The van der Waals surface area contributed by atoms with Crippen molar-refractivity contribution in [1.29, 1.82) is 0 Å². The van der Waals surface area contributed by atoms with Gasteiger partial charge in [0, 0.05) is 5.02 Å². The lowest BCUT2D eigenvalue weighted by molar-refractivity contribution is -0.138. The lowest BCUT2D eigenvalue weighted by atomic mass is 9.93. The Morgan fingerprint density at radius 1 is 1.16 bits per heavy atom. The van der Waals surface area contributed by atoms with E-state index >= 15 is 0 Å². The van der Waals surface area contributed by atoms with Crippen LogP contribution >= 0.6 is 23.8 Å². The molecule has 0 spiro atoms.